The molecule has 1 heterocycles. The normalized spacial score (nSPS) is 10.7. The van der Waals surface area contributed by atoms with E-state index in [0.29, 0.717) is 0 Å². The van der Waals surface area contributed by atoms with Crippen LogP contribution in [0.25, 0.3) is 0 Å². The number of esters is 1. The number of nitrogens with two attached hydrogens (primary N) is 1. The minimum absolute atomic E-state index is 0.0466. The van der Waals surface area contributed by atoms with Gasteiger partial charge < -0.3 is 10.5 Å². The smallest absolute Gasteiger partial charge is 0.357 e. The Morgan fingerprint density at radius 3 is 2.76 bits per heavy atom. The van der Waals surface area contributed by atoms with E-state index in [2.05, 4.69) is 4.98 Å². The third-order valence-electron chi connectivity index (χ3n) is 2.07. The maximum absolute atomic E-state index is 12.9. The summed E-state index contributed by atoms with van der Waals surface area (Å²) in [5.74, 6) is -0.730. The highest BCUT2D eigenvalue weighted by atomic mass is 127. The summed E-state index contributed by atoms with van der Waals surface area (Å²) in [7, 11) is 0. The Morgan fingerprint density at radius 2 is 2.29 bits per heavy atom. The molecule has 0 spiro atoms. The molecule has 0 radical (unpaired) electrons. The van der Waals surface area contributed by atoms with Crippen LogP contribution < -0.4 is 5.73 Å². The van der Waals surface area contributed by atoms with E-state index in [9.17, 15) is 13.6 Å². The van der Waals surface area contributed by atoms with Crippen LogP contribution in [0.1, 0.15) is 35.0 Å². The van der Waals surface area contributed by atoms with Crippen LogP contribution in [-0.4, -0.2) is 17.6 Å². The van der Waals surface area contributed by atoms with E-state index < -0.39 is 12.4 Å². The summed E-state index contributed by atoms with van der Waals surface area (Å²) in [5.41, 5.74) is 5.08. The Kier molecular flexibility index (Phi) is 5.19. The lowest BCUT2D eigenvalue weighted by atomic mass is 10.1. The molecular formula is C10H11F2IN2O2. The summed E-state index contributed by atoms with van der Waals surface area (Å²) < 4.78 is 30.8. The molecule has 7 heteroatoms. The lowest BCUT2D eigenvalue weighted by molar-refractivity contribution is 0.0517. The van der Waals surface area contributed by atoms with Crippen LogP contribution in [-0.2, 0) is 11.3 Å². The van der Waals surface area contributed by atoms with E-state index in [4.69, 9.17) is 10.5 Å². The first-order valence-electron chi connectivity index (χ1n) is 4.85. The molecule has 4 nitrogen and oxygen atoms in total. The van der Waals surface area contributed by atoms with Crippen LogP contribution in [0, 0.1) is 3.57 Å². The Balaban J connectivity index is 3.32. The van der Waals surface area contributed by atoms with E-state index in [0.717, 1.165) is 0 Å². The maximum atomic E-state index is 12.9. The van der Waals surface area contributed by atoms with Crippen molar-refractivity contribution in [3.05, 3.63) is 26.6 Å². The lowest BCUT2D eigenvalue weighted by Crippen LogP contribution is -2.16. The number of nitrogens with zero attached hydrogens (tertiary/aromatic N) is 1. The van der Waals surface area contributed by atoms with Crippen molar-refractivity contribution in [2.24, 2.45) is 5.73 Å². The fourth-order valence-electron chi connectivity index (χ4n) is 1.36. The van der Waals surface area contributed by atoms with Crippen LogP contribution in [0.4, 0.5) is 8.78 Å². The molecule has 0 amide bonds. The second-order valence-corrected chi connectivity index (χ2v) is 4.23. The largest absolute Gasteiger partial charge is 0.461 e. The summed E-state index contributed by atoms with van der Waals surface area (Å²) in [6, 6.07) is 0. The van der Waals surface area contributed by atoms with Crippen molar-refractivity contribution in [3.63, 3.8) is 0 Å². The maximum Gasteiger partial charge on any atom is 0.357 e. The van der Waals surface area contributed by atoms with Crippen molar-refractivity contribution in [2.75, 3.05) is 6.61 Å². The number of pyridine rings is 1. The van der Waals surface area contributed by atoms with Gasteiger partial charge >= 0.3 is 5.97 Å². The molecule has 1 aromatic heterocycles. The average molecular weight is 356 g/mol. The van der Waals surface area contributed by atoms with E-state index in [1.807, 2.05) is 0 Å². The second-order valence-electron chi connectivity index (χ2n) is 3.07. The summed E-state index contributed by atoms with van der Waals surface area (Å²) in [6.07, 6.45) is -1.48. The molecule has 1 aromatic rings. The summed E-state index contributed by atoms with van der Waals surface area (Å²) in [6.45, 7) is 1.60. The number of aromatic nitrogens is 1. The molecular weight excluding hydrogens is 345 g/mol. The fourth-order valence-corrected chi connectivity index (χ4v) is 2.06. The zero-order valence-electron chi connectivity index (χ0n) is 9.04. The highest BCUT2D eigenvalue weighted by Gasteiger charge is 2.23. The third kappa shape index (κ3) is 3.09. The molecule has 1 rings (SSSR count). The quantitative estimate of drug-likeness (QED) is 0.664. The fraction of sp³-hybridized carbons (Fsp3) is 0.400. The Morgan fingerprint density at radius 1 is 1.65 bits per heavy atom. The topological polar surface area (TPSA) is 65.2 Å². The monoisotopic (exact) mass is 356 g/mol. The van der Waals surface area contributed by atoms with Gasteiger partial charge in [0.2, 0.25) is 0 Å². The third-order valence-corrected chi connectivity index (χ3v) is 2.93. The van der Waals surface area contributed by atoms with Crippen molar-refractivity contribution in [1.29, 1.82) is 0 Å². The van der Waals surface area contributed by atoms with Gasteiger partial charge in [-0.1, -0.05) is 0 Å². The summed E-state index contributed by atoms with van der Waals surface area (Å²) >= 11 is 1.74. The van der Waals surface area contributed by atoms with Crippen LogP contribution in [0.15, 0.2) is 6.20 Å². The van der Waals surface area contributed by atoms with Gasteiger partial charge in [0.1, 0.15) is 0 Å². The molecule has 17 heavy (non-hydrogen) atoms. The molecule has 0 aliphatic heterocycles. The molecule has 0 saturated heterocycles. The number of halogens is 3. The molecule has 0 aromatic carbocycles. The highest BCUT2D eigenvalue weighted by Crippen LogP contribution is 2.29. The average Bonchev–Trinajstić information content (AvgIpc) is 2.27. The predicted molar refractivity (Wildman–Crippen MR) is 65.8 cm³/mol. The SMILES string of the molecule is CCOC(=O)c1ncc(I)c(C(F)F)c1CN. The minimum Gasteiger partial charge on any atom is -0.461 e. The Hall–Kier alpha value is -0.830. The number of hydrogen-bond acceptors (Lipinski definition) is 4. The first kappa shape index (κ1) is 14.2. The number of ether oxygens (including phenoxy) is 1. The van der Waals surface area contributed by atoms with Crippen molar-refractivity contribution >= 4 is 28.6 Å². The molecule has 0 unspecified atom stereocenters. The van der Waals surface area contributed by atoms with Gasteiger partial charge in [-0.15, -0.1) is 0 Å². The van der Waals surface area contributed by atoms with Gasteiger partial charge in [0.15, 0.2) is 5.69 Å². The van der Waals surface area contributed by atoms with Gasteiger partial charge in [0.25, 0.3) is 6.43 Å². The number of hydrogen-bond donors (Lipinski definition) is 1. The zero-order valence-corrected chi connectivity index (χ0v) is 11.2. The zero-order chi connectivity index (χ0) is 13.0. The summed E-state index contributed by atoms with van der Waals surface area (Å²) in [4.78, 5) is 15.3. The van der Waals surface area contributed by atoms with Crippen molar-refractivity contribution in [1.82, 2.24) is 4.98 Å². The van der Waals surface area contributed by atoms with Gasteiger partial charge in [-0.05, 0) is 29.5 Å². The molecule has 0 atom stereocenters. The van der Waals surface area contributed by atoms with E-state index in [1.165, 1.54) is 6.20 Å². The Bertz CT molecular complexity index is 427. The molecule has 0 saturated carbocycles. The Labute approximate surface area is 111 Å². The highest BCUT2D eigenvalue weighted by molar-refractivity contribution is 14.1. The van der Waals surface area contributed by atoms with Gasteiger partial charge in [-0.2, -0.15) is 0 Å². The molecule has 0 aliphatic rings. The van der Waals surface area contributed by atoms with Gasteiger partial charge in [0, 0.05) is 27.4 Å². The van der Waals surface area contributed by atoms with E-state index in [-0.39, 0.29) is 33.5 Å². The van der Waals surface area contributed by atoms with Crippen LogP contribution >= 0.6 is 22.6 Å². The molecule has 2 N–H and O–H groups in total. The van der Waals surface area contributed by atoms with Crippen LogP contribution in [0.3, 0.4) is 0 Å². The number of carbonyl (C=O) groups is 1. The van der Waals surface area contributed by atoms with E-state index in [1.54, 1.807) is 29.5 Å². The van der Waals surface area contributed by atoms with Crippen molar-refractivity contribution in [3.8, 4) is 0 Å². The van der Waals surface area contributed by atoms with Crippen molar-refractivity contribution < 1.29 is 18.3 Å². The number of rotatable bonds is 4. The molecule has 0 bridgehead atoms. The molecule has 0 aliphatic carbocycles. The standard InChI is InChI=1S/C10H11F2IN2O2/c1-2-17-10(16)8-5(3-14)7(9(11)12)6(13)4-15-8/h4,9H,2-3,14H2,1H3. The number of alkyl halides is 2. The molecule has 0 fully saturated rings. The summed E-state index contributed by atoms with van der Waals surface area (Å²) in [5, 5.41) is 0. The van der Waals surface area contributed by atoms with Gasteiger partial charge in [-0.25, -0.2) is 18.6 Å². The van der Waals surface area contributed by atoms with Gasteiger partial charge in [-0.3, -0.25) is 0 Å². The van der Waals surface area contributed by atoms with E-state index >= 15 is 0 Å². The lowest BCUT2D eigenvalue weighted by Gasteiger charge is -2.12. The van der Waals surface area contributed by atoms with Crippen molar-refractivity contribution in [2.45, 2.75) is 19.9 Å². The minimum atomic E-state index is -2.70. The van der Waals surface area contributed by atoms with Gasteiger partial charge in [0.05, 0.1) is 6.61 Å². The van der Waals surface area contributed by atoms with Crippen LogP contribution in [0.2, 0.25) is 0 Å². The van der Waals surface area contributed by atoms with Crippen LogP contribution in [0.5, 0.6) is 0 Å². The second kappa shape index (κ2) is 6.20. The predicted octanol–water partition coefficient (Wildman–Crippen LogP) is 2.26. The number of carbonyl (C=O) groups excluding carboxylic acids is 1. The first-order chi connectivity index (χ1) is 8.02. The molecule has 94 valence electrons. The first-order valence-corrected chi connectivity index (χ1v) is 5.93.